The molecule has 5 rings (SSSR count). The molecular weight excluding hydrogens is 448 g/mol. The van der Waals surface area contributed by atoms with E-state index in [9.17, 15) is 9.18 Å². The van der Waals surface area contributed by atoms with Crippen molar-refractivity contribution >= 4 is 45.2 Å². The molecule has 0 bridgehead atoms. The maximum absolute atomic E-state index is 15.0. The van der Waals surface area contributed by atoms with Crippen molar-refractivity contribution in [1.29, 1.82) is 0 Å². The van der Waals surface area contributed by atoms with Gasteiger partial charge in [-0.2, -0.15) is 0 Å². The molecule has 0 aliphatic heterocycles. The minimum absolute atomic E-state index is 0.0445. The molecule has 0 atom stereocenters. The molecule has 1 amide bonds. The summed E-state index contributed by atoms with van der Waals surface area (Å²) in [5.74, 6) is -1.43. The highest BCUT2D eigenvalue weighted by molar-refractivity contribution is 6.05. The minimum atomic E-state index is -0.586. The fourth-order valence-corrected chi connectivity index (χ4v) is 3.63. The van der Waals surface area contributed by atoms with Crippen molar-refractivity contribution in [3.05, 3.63) is 115 Å². The summed E-state index contributed by atoms with van der Waals surface area (Å²) in [6, 6.07) is 21.0. The van der Waals surface area contributed by atoms with Crippen LogP contribution in [-0.2, 0) is 0 Å². The number of pyridine rings is 2. The van der Waals surface area contributed by atoms with Crippen LogP contribution in [0.25, 0.3) is 10.9 Å². The van der Waals surface area contributed by atoms with E-state index in [0.717, 1.165) is 0 Å². The number of hydrogen-bond acceptors (Lipinski definition) is 5. The van der Waals surface area contributed by atoms with E-state index < -0.39 is 11.7 Å². The minimum Gasteiger partial charge on any atom is -0.355 e. The van der Waals surface area contributed by atoms with Gasteiger partial charge < -0.3 is 16.0 Å². The number of rotatable bonds is 6. The number of halogens is 2. The fourth-order valence-electron chi connectivity index (χ4n) is 3.63. The second kappa shape index (κ2) is 9.56. The largest absolute Gasteiger partial charge is 0.355 e. The van der Waals surface area contributed by atoms with Crippen molar-refractivity contribution in [2.24, 2.45) is 0 Å². The first-order chi connectivity index (χ1) is 17.1. The van der Waals surface area contributed by atoms with E-state index in [2.05, 4.69) is 25.9 Å². The van der Waals surface area contributed by atoms with E-state index in [-0.39, 0.29) is 17.2 Å². The number of anilines is 5. The highest BCUT2D eigenvalue weighted by Gasteiger charge is 2.13. The molecule has 0 unspecified atom stereocenters. The molecule has 35 heavy (non-hydrogen) atoms. The molecule has 0 fully saturated rings. The lowest BCUT2D eigenvalue weighted by Crippen LogP contribution is -2.13. The van der Waals surface area contributed by atoms with Gasteiger partial charge in [0.05, 0.1) is 16.9 Å². The number of benzene rings is 3. The summed E-state index contributed by atoms with van der Waals surface area (Å²) in [7, 11) is 0. The Balaban J connectivity index is 1.36. The maximum Gasteiger partial charge on any atom is 0.255 e. The molecule has 0 radical (unpaired) electrons. The molecule has 0 spiro atoms. The van der Waals surface area contributed by atoms with Gasteiger partial charge in [-0.15, -0.1) is 0 Å². The second-order valence-electron chi connectivity index (χ2n) is 7.71. The van der Waals surface area contributed by atoms with E-state index >= 15 is 4.39 Å². The third-order valence-corrected chi connectivity index (χ3v) is 5.31. The molecule has 0 saturated heterocycles. The Hall–Kier alpha value is -4.85. The molecule has 0 aliphatic rings. The van der Waals surface area contributed by atoms with E-state index in [0.29, 0.717) is 33.5 Å². The van der Waals surface area contributed by atoms with E-state index in [4.69, 9.17) is 0 Å². The van der Waals surface area contributed by atoms with Gasteiger partial charge in [0.1, 0.15) is 5.82 Å². The monoisotopic (exact) mass is 467 g/mol. The van der Waals surface area contributed by atoms with Gasteiger partial charge in [0.15, 0.2) is 5.82 Å². The predicted molar refractivity (Wildman–Crippen MR) is 133 cm³/mol. The molecule has 0 saturated carbocycles. The Labute approximate surface area is 199 Å². The van der Waals surface area contributed by atoms with Crippen molar-refractivity contribution in [3.8, 4) is 0 Å². The standard InChI is InChI=1S/C27H19F2N5O/c28-18-7-8-22-21(16-18)23(11-14-31-22)33-20-4-1-3-17(15-20)27(35)34-25-6-2-5-24(26(25)29)32-19-9-12-30-13-10-19/h1-16H,(H,30,32)(H,31,33)(H,34,35). The number of carbonyl (C=O) groups excluding carboxylic acids is 1. The van der Waals surface area contributed by atoms with Crippen molar-refractivity contribution in [3.63, 3.8) is 0 Å². The third kappa shape index (κ3) is 4.91. The number of aromatic nitrogens is 2. The van der Waals surface area contributed by atoms with Crippen LogP contribution >= 0.6 is 0 Å². The first kappa shape index (κ1) is 22.0. The van der Waals surface area contributed by atoms with Crippen molar-refractivity contribution < 1.29 is 13.6 Å². The first-order valence-electron chi connectivity index (χ1n) is 10.7. The zero-order valence-corrected chi connectivity index (χ0v) is 18.3. The Morgan fingerprint density at radius 3 is 2.34 bits per heavy atom. The van der Waals surface area contributed by atoms with Gasteiger partial charge in [0.2, 0.25) is 0 Å². The average molecular weight is 467 g/mol. The summed E-state index contributed by atoms with van der Waals surface area (Å²) < 4.78 is 28.8. The van der Waals surface area contributed by atoms with Crippen LogP contribution in [0.4, 0.5) is 37.2 Å². The summed E-state index contributed by atoms with van der Waals surface area (Å²) in [6.45, 7) is 0. The van der Waals surface area contributed by atoms with Crippen LogP contribution in [0.3, 0.4) is 0 Å². The van der Waals surface area contributed by atoms with E-state index in [1.165, 1.54) is 18.2 Å². The number of hydrogen-bond donors (Lipinski definition) is 3. The van der Waals surface area contributed by atoms with Gasteiger partial charge in [0, 0.05) is 46.6 Å². The lowest BCUT2D eigenvalue weighted by Gasteiger charge is -2.13. The topological polar surface area (TPSA) is 78.9 Å². The summed E-state index contributed by atoms with van der Waals surface area (Å²) in [4.78, 5) is 21.1. The van der Waals surface area contributed by atoms with Gasteiger partial charge in [-0.05, 0) is 66.7 Å². The zero-order valence-electron chi connectivity index (χ0n) is 18.3. The third-order valence-electron chi connectivity index (χ3n) is 5.31. The summed E-state index contributed by atoms with van der Waals surface area (Å²) >= 11 is 0. The Bertz CT molecular complexity index is 1530. The second-order valence-corrected chi connectivity index (χ2v) is 7.71. The molecule has 0 aliphatic carbocycles. The SMILES string of the molecule is O=C(Nc1cccc(Nc2ccncc2)c1F)c1cccc(Nc2ccnc3ccc(F)cc23)c1. The van der Waals surface area contributed by atoms with Crippen LogP contribution < -0.4 is 16.0 Å². The quantitative estimate of drug-likeness (QED) is 0.261. The van der Waals surface area contributed by atoms with Gasteiger partial charge >= 0.3 is 0 Å². The highest BCUT2D eigenvalue weighted by Crippen LogP contribution is 2.28. The number of carbonyl (C=O) groups is 1. The van der Waals surface area contributed by atoms with Crippen molar-refractivity contribution in [2.75, 3.05) is 16.0 Å². The number of nitrogens with zero attached hydrogens (tertiary/aromatic N) is 2. The molecule has 6 nitrogen and oxygen atoms in total. The van der Waals surface area contributed by atoms with Crippen LogP contribution in [0.5, 0.6) is 0 Å². The highest BCUT2D eigenvalue weighted by atomic mass is 19.1. The lowest BCUT2D eigenvalue weighted by atomic mass is 10.1. The van der Waals surface area contributed by atoms with Crippen LogP contribution in [0, 0.1) is 11.6 Å². The normalized spacial score (nSPS) is 10.7. The number of fused-ring (bicyclic) bond motifs is 1. The molecule has 2 heterocycles. The van der Waals surface area contributed by atoms with Crippen LogP contribution in [0.1, 0.15) is 10.4 Å². The van der Waals surface area contributed by atoms with Gasteiger partial charge in [-0.25, -0.2) is 8.78 Å². The van der Waals surface area contributed by atoms with E-state index in [1.807, 2.05) is 0 Å². The fraction of sp³-hybridized carbons (Fsp3) is 0. The maximum atomic E-state index is 15.0. The Morgan fingerprint density at radius 2 is 1.49 bits per heavy atom. The smallest absolute Gasteiger partial charge is 0.255 e. The molecule has 172 valence electrons. The molecule has 2 aromatic heterocycles. The van der Waals surface area contributed by atoms with E-state index in [1.54, 1.807) is 79.3 Å². The molecule has 3 N–H and O–H groups in total. The average Bonchev–Trinajstić information content (AvgIpc) is 2.87. The summed E-state index contributed by atoms with van der Waals surface area (Å²) in [6.07, 6.45) is 4.81. The van der Waals surface area contributed by atoms with Gasteiger partial charge in [-0.1, -0.05) is 12.1 Å². The Kier molecular flexibility index (Phi) is 6.00. The van der Waals surface area contributed by atoms with Crippen LogP contribution in [-0.4, -0.2) is 15.9 Å². The zero-order chi connectivity index (χ0) is 24.2. The number of nitrogens with one attached hydrogen (secondary N) is 3. The lowest BCUT2D eigenvalue weighted by molar-refractivity contribution is 0.102. The van der Waals surface area contributed by atoms with Gasteiger partial charge in [-0.3, -0.25) is 14.8 Å². The first-order valence-corrected chi connectivity index (χ1v) is 10.7. The molecule has 3 aromatic carbocycles. The predicted octanol–water partition coefficient (Wildman–Crippen LogP) is 6.65. The van der Waals surface area contributed by atoms with Crippen molar-refractivity contribution in [1.82, 2.24) is 9.97 Å². The summed E-state index contributed by atoms with van der Waals surface area (Å²) in [5, 5.41) is 9.42. The summed E-state index contributed by atoms with van der Waals surface area (Å²) in [5.41, 5.74) is 3.16. The molecule has 5 aromatic rings. The van der Waals surface area contributed by atoms with Crippen molar-refractivity contribution in [2.45, 2.75) is 0 Å². The molecular formula is C27H19F2N5O. The van der Waals surface area contributed by atoms with Crippen LogP contribution in [0.2, 0.25) is 0 Å². The van der Waals surface area contributed by atoms with Crippen LogP contribution in [0.15, 0.2) is 97.5 Å². The number of amides is 1. The molecule has 8 heteroatoms. The Morgan fingerprint density at radius 1 is 0.714 bits per heavy atom. The van der Waals surface area contributed by atoms with Gasteiger partial charge in [0.25, 0.3) is 5.91 Å².